The lowest BCUT2D eigenvalue weighted by atomic mass is 10.2. The summed E-state index contributed by atoms with van der Waals surface area (Å²) in [4.78, 5) is 12.6. The minimum absolute atomic E-state index is 0.0156. The topological polar surface area (TPSA) is 55.1 Å². The van der Waals surface area contributed by atoms with Crippen LogP contribution >= 0.6 is 11.3 Å². The Morgan fingerprint density at radius 1 is 1.53 bits per heavy atom. The van der Waals surface area contributed by atoms with E-state index in [1.807, 2.05) is 11.4 Å². The third-order valence-corrected chi connectivity index (χ3v) is 3.09. The van der Waals surface area contributed by atoms with E-state index in [-0.39, 0.29) is 5.91 Å². The minimum atomic E-state index is -0.0156. The van der Waals surface area contributed by atoms with Crippen LogP contribution in [-0.4, -0.2) is 19.0 Å². The van der Waals surface area contributed by atoms with Crippen molar-refractivity contribution in [2.45, 2.75) is 26.2 Å². The van der Waals surface area contributed by atoms with Crippen LogP contribution < -0.4 is 11.1 Å². The Balaban J connectivity index is 2.43. The van der Waals surface area contributed by atoms with E-state index in [1.165, 1.54) is 11.3 Å². The van der Waals surface area contributed by atoms with Crippen molar-refractivity contribution in [3.8, 4) is 11.8 Å². The van der Waals surface area contributed by atoms with Crippen LogP contribution in [0.25, 0.3) is 0 Å². The SMILES string of the molecule is CCCCCNC(=O)c1csc(C#CCN)c1. The standard InChI is InChI=1S/C13H18N2OS/c1-2-3-4-8-15-13(16)11-9-12(17-10-11)6-5-7-14/h9-10H,2-4,7-8,14H2,1H3,(H,15,16). The molecule has 0 atom stereocenters. The summed E-state index contributed by atoms with van der Waals surface area (Å²) in [5, 5.41) is 4.73. The molecule has 0 aliphatic heterocycles. The third-order valence-electron chi connectivity index (χ3n) is 2.24. The molecule has 0 unspecified atom stereocenters. The molecule has 92 valence electrons. The molecule has 17 heavy (non-hydrogen) atoms. The average molecular weight is 250 g/mol. The van der Waals surface area contributed by atoms with Crippen molar-refractivity contribution in [3.05, 3.63) is 21.9 Å². The number of nitrogens with one attached hydrogen (secondary N) is 1. The number of carbonyl (C=O) groups excluding carboxylic acids is 1. The number of hydrogen-bond acceptors (Lipinski definition) is 3. The first kappa shape index (κ1) is 13.8. The van der Waals surface area contributed by atoms with Gasteiger partial charge in [0.15, 0.2) is 0 Å². The number of thiophene rings is 1. The molecule has 1 aromatic rings. The number of nitrogens with two attached hydrogens (primary N) is 1. The van der Waals surface area contributed by atoms with Crippen molar-refractivity contribution in [1.29, 1.82) is 0 Å². The summed E-state index contributed by atoms with van der Waals surface area (Å²) in [6.45, 7) is 3.23. The van der Waals surface area contributed by atoms with Crippen LogP contribution in [0.4, 0.5) is 0 Å². The van der Waals surface area contributed by atoms with E-state index in [0.29, 0.717) is 12.1 Å². The maximum Gasteiger partial charge on any atom is 0.252 e. The Bertz CT molecular complexity index is 415. The van der Waals surface area contributed by atoms with Crippen molar-refractivity contribution in [2.24, 2.45) is 5.73 Å². The van der Waals surface area contributed by atoms with E-state index in [1.54, 1.807) is 0 Å². The van der Waals surface area contributed by atoms with E-state index in [2.05, 4.69) is 24.1 Å². The molecule has 1 heterocycles. The molecule has 1 rings (SSSR count). The van der Waals surface area contributed by atoms with Crippen LogP contribution in [0.3, 0.4) is 0 Å². The summed E-state index contributed by atoms with van der Waals surface area (Å²) < 4.78 is 0. The van der Waals surface area contributed by atoms with Gasteiger partial charge in [0, 0.05) is 11.9 Å². The predicted octanol–water partition coefficient (Wildman–Crippen LogP) is 1.98. The maximum absolute atomic E-state index is 11.7. The van der Waals surface area contributed by atoms with Crippen molar-refractivity contribution in [3.63, 3.8) is 0 Å². The average Bonchev–Trinajstić information content (AvgIpc) is 2.80. The van der Waals surface area contributed by atoms with Crippen molar-refractivity contribution >= 4 is 17.2 Å². The first-order valence-electron chi connectivity index (χ1n) is 5.83. The third kappa shape index (κ3) is 5.03. The minimum Gasteiger partial charge on any atom is -0.352 e. The van der Waals surface area contributed by atoms with Crippen LogP contribution in [0.5, 0.6) is 0 Å². The van der Waals surface area contributed by atoms with Gasteiger partial charge in [0.25, 0.3) is 5.91 Å². The van der Waals surface area contributed by atoms with Gasteiger partial charge in [0.1, 0.15) is 0 Å². The van der Waals surface area contributed by atoms with Gasteiger partial charge in [0.2, 0.25) is 0 Å². The summed E-state index contributed by atoms with van der Waals surface area (Å²) in [6.07, 6.45) is 3.34. The normalized spacial score (nSPS) is 9.53. The molecule has 4 heteroatoms. The van der Waals surface area contributed by atoms with Gasteiger partial charge >= 0.3 is 0 Å². The van der Waals surface area contributed by atoms with E-state index >= 15 is 0 Å². The molecule has 0 saturated carbocycles. The number of amides is 1. The van der Waals surface area contributed by atoms with E-state index in [0.717, 1.165) is 30.7 Å². The fraction of sp³-hybridized carbons (Fsp3) is 0.462. The molecule has 0 spiro atoms. The second-order valence-corrected chi connectivity index (χ2v) is 4.58. The van der Waals surface area contributed by atoms with Crippen LogP contribution in [0.2, 0.25) is 0 Å². The Morgan fingerprint density at radius 2 is 2.35 bits per heavy atom. The van der Waals surface area contributed by atoms with Crippen LogP contribution in [0.1, 0.15) is 41.4 Å². The van der Waals surface area contributed by atoms with Gasteiger partial charge in [-0.1, -0.05) is 31.6 Å². The molecule has 3 N–H and O–H groups in total. The molecule has 3 nitrogen and oxygen atoms in total. The first-order valence-corrected chi connectivity index (χ1v) is 6.71. The molecule has 0 aliphatic rings. The molecule has 0 aromatic carbocycles. The predicted molar refractivity (Wildman–Crippen MR) is 72.1 cm³/mol. The first-order chi connectivity index (χ1) is 8.27. The van der Waals surface area contributed by atoms with Crippen molar-refractivity contribution in [1.82, 2.24) is 5.32 Å². The highest BCUT2D eigenvalue weighted by Gasteiger charge is 2.06. The lowest BCUT2D eigenvalue weighted by Gasteiger charge is -2.01. The monoisotopic (exact) mass is 250 g/mol. The van der Waals surface area contributed by atoms with Gasteiger partial charge in [-0.25, -0.2) is 0 Å². The van der Waals surface area contributed by atoms with Crippen LogP contribution in [0.15, 0.2) is 11.4 Å². The summed E-state index contributed by atoms with van der Waals surface area (Å²) in [5.74, 6) is 5.68. The molecule has 0 bridgehead atoms. The summed E-state index contributed by atoms with van der Waals surface area (Å²) in [7, 11) is 0. The van der Waals surface area contributed by atoms with Gasteiger partial charge in [-0.15, -0.1) is 11.3 Å². The molecule has 0 aliphatic carbocycles. The lowest BCUT2D eigenvalue weighted by Crippen LogP contribution is -2.23. The molecule has 0 radical (unpaired) electrons. The second-order valence-electron chi connectivity index (χ2n) is 3.67. The van der Waals surface area contributed by atoms with Gasteiger partial charge in [-0.2, -0.15) is 0 Å². The maximum atomic E-state index is 11.7. The highest BCUT2D eigenvalue weighted by atomic mass is 32.1. The molecule has 0 saturated heterocycles. The molecular weight excluding hydrogens is 232 g/mol. The number of rotatable bonds is 5. The fourth-order valence-electron chi connectivity index (χ4n) is 1.34. The van der Waals surface area contributed by atoms with Crippen molar-refractivity contribution in [2.75, 3.05) is 13.1 Å². The smallest absolute Gasteiger partial charge is 0.252 e. The van der Waals surface area contributed by atoms with Crippen LogP contribution in [0, 0.1) is 11.8 Å². The fourth-order valence-corrected chi connectivity index (χ4v) is 2.09. The zero-order valence-corrected chi connectivity index (χ0v) is 10.9. The van der Waals surface area contributed by atoms with Gasteiger partial charge in [0.05, 0.1) is 17.0 Å². The van der Waals surface area contributed by atoms with E-state index < -0.39 is 0 Å². The molecule has 1 aromatic heterocycles. The number of hydrogen-bond donors (Lipinski definition) is 2. The quantitative estimate of drug-likeness (QED) is 0.620. The van der Waals surface area contributed by atoms with Crippen LogP contribution in [-0.2, 0) is 0 Å². The number of unbranched alkanes of at least 4 members (excludes halogenated alkanes) is 2. The highest BCUT2D eigenvalue weighted by Crippen LogP contribution is 2.13. The summed E-state index contributed by atoms with van der Waals surface area (Å²) >= 11 is 1.47. The van der Waals surface area contributed by atoms with E-state index in [4.69, 9.17) is 5.73 Å². The zero-order chi connectivity index (χ0) is 12.5. The second kappa shape index (κ2) is 7.88. The summed E-state index contributed by atoms with van der Waals surface area (Å²) in [6, 6.07) is 1.81. The van der Waals surface area contributed by atoms with Gasteiger partial charge in [-0.3, -0.25) is 4.79 Å². The molecular formula is C13H18N2OS. The van der Waals surface area contributed by atoms with Gasteiger partial charge in [-0.05, 0) is 12.5 Å². The Kier molecular flexibility index (Phi) is 6.38. The Morgan fingerprint density at radius 3 is 3.06 bits per heavy atom. The summed E-state index contributed by atoms with van der Waals surface area (Å²) in [5.41, 5.74) is 5.98. The van der Waals surface area contributed by atoms with Gasteiger partial charge < -0.3 is 11.1 Å². The lowest BCUT2D eigenvalue weighted by molar-refractivity contribution is 0.0953. The Labute approximate surface area is 106 Å². The van der Waals surface area contributed by atoms with E-state index in [9.17, 15) is 4.79 Å². The zero-order valence-electron chi connectivity index (χ0n) is 10.1. The number of carbonyl (C=O) groups is 1. The molecule has 1 amide bonds. The highest BCUT2D eigenvalue weighted by molar-refractivity contribution is 7.10. The largest absolute Gasteiger partial charge is 0.352 e. The molecule has 0 fully saturated rings. The Hall–Kier alpha value is -1.31. The van der Waals surface area contributed by atoms with Crippen molar-refractivity contribution < 1.29 is 4.79 Å².